The number of methoxy groups -OCH3 is 1. The quantitative estimate of drug-likeness (QED) is 0.335. The number of sulfonamides is 1. The van der Waals surface area contributed by atoms with Crippen LogP contribution in [0, 0.1) is 11.6 Å². The Hall–Kier alpha value is -4.84. The van der Waals surface area contributed by atoms with Crippen molar-refractivity contribution in [3.8, 4) is 22.7 Å². The molecule has 0 saturated carbocycles. The first-order valence-corrected chi connectivity index (χ1v) is 12.6. The Morgan fingerprint density at radius 2 is 1.74 bits per heavy atom. The molecule has 9 nitrogen and oxygen atoms in total. The smallest absolute Gasteiger partial charge is 0.267 e. The molecule has 0 atom stereocenters. The van der Waals surface area contributed by atoms with Crippen LogP contribution in [-0.4, -0.2) is 30.1 Å². The summed E-state index contributed by atoms with van der Waals surface area (Å²) in [5.41, 5.74) is 6.71. The van der Waals surface area contributed by atoms with Gasteiger partial charge in [0, 0.05) is 11.8 Å². The Morgan fingerprint density at radius 1 is 0.974 bits per heavy atom. The SMILES string of the molecule is COc1ncc(-c2ccc3nc(N)n(-c4ccccc4)c(=O)c3c2)cc1S(=O)(=O)Nc1cccc(F)c1F. The van der Waals surface area contributed by atoms with E-state index in [-0.39, 0.29) is 17.2 Å². The molecule has 12 heteroatoms. The fourth-order valence-corrected chi connectivity index (χ4v) is 5.13. The van der Waals surface area contributed by atoms with Gasteiger partial charge in [0.25, 0.3) is 15.6 Å². The number of ether oxygens (including phenoxy) is 1. The van der Waals surface area contributed by atoms with Gasteiger partial charge in [-0.25, -0.2) is 31.7 Å². The van der Waals surface area contributed by atoms with E-state index < -0.39 is 37.8 Å². The Bertz CT molecular complexity index is 1860. The standard InChI is InChI=1S/C26H19F2N5O4S/c1-37-24-22(38(35,36)32-21-9-5-8-19(27)23(21)28)13-16(14-30-24)15-10-11-20-18(12-15)25(34)33(26(29)31-20)17-6-3-2-4-7-17/h2-14,32H,1H3,(H2,29,31). The molecule has 192 valence electrons. The normalized spacial score (nSPS) is 11.4. The predicted molar refractivity (Wildman–Crippen MR) is 139 cm³/mol. The van der Waals surface area contributed by atoms with Crippen LogP contribution in [0.2, 0.25) is 0 Å². The van der Waals surface area contributed by atoms with E-state index in [4.69, 9.17) is 10.5 Å². The van der Waals surface area contributed by atoms with Gasteiger partial charge in [0.05, 0.1) is 29.4 Å². The van der Waals surface area contributed by atoms with E-state index in [2.05, 4.69) is 9.97 Å². The number of nitrogens with one attached hydrogen (secondary N) is 1. The number of aromatic nitrogens is 3. The van der Waals surface area contributed by atoms with Gasteiger partial charge >= 0.3 is 0 Å². The highest BCUT2D eigenvalue weighted by Gasteiger charge is 2.24. The number of pyridine rings is 1. The lowest BCUT2D eigenvalue weighted by Crippen LogP contribution is -2.23. The maximum atomic E-state index is 14.1. The van der Waals surface area contributed by atoms with Crippen molar-refractivity contribution in [1.82, 2.24) is 14.5 Å². The number of hydrogen-bond donors (Lipinski definition) is 2. The van der Waals surface area contributed by atoms with Crippen molar-refractivity contribution in [3.05, 3.63) is 101 Å². The van der Waals surface area contributed by atoms with Gasteiger partial charge in [-0.05, 0) is 48.0 Å². The molecule has 0 aliphatic heterocycles. The van der Waals surface area contributed by atoms with Gasteiger partial charge in [-0.1, -0.05) is 30.3 Å². The summed E-state index contributed by atoms with van der Waals surface area (Å²) in [4.78, 5) is 21.3. The molecular weight excluding hydrogens is 516 g/mol. The largest absolute Gasteiger partial charge is 0.480 e. The zero-order valence-electron chi connectivity index (χ0n) is 19.7. The van der Waals surface area contributed by atoms with Crippen LogP contribution in [0.4, 0.5) is 20.4 Å². The van der Waals surface area contributed by atoms with E-state index >= 15 is 0 Å². The molecule has 0 unspecified atom stereocenters. The monoisotopic (exact) mass is 535 g/mol. The molecule has 0 bridgehead atoms. The minimum Gasteiger partial charge on any atom is -0.480 e. The maximum absolute atomic E-state index is 14.1. The van der Waals surface area contributed by atoms with Crippen molar-refractivity contribution in [3.63, 3.8) is 0 Å². The maximum Gasteiger partial charge on any atom is 0.267 e. The van der Waals surface area contributed by atoms with Crippen LogP contribution in [-0.2, 0) is 10.0 Å². The first-order valence-electron chi connectivity index (χ1n) is 11.1. The van der Waals surface area contributed by atoms with Crippen LogP contribution in [0.1, 0.15) is 0 Å². The summed E-state index contributed by atoms with van der Waals surface area (Å²) < 4.78 is 62.4. The lowest BCUT2D eigenvalue weighted by atomic mass is 10.1. The van der Waals surface area contributed by atoms with E-state index in [1.54, 1.807) is 48.5 Å². The zero-order valence-corrected chi connectivity index (χ0v) is 20.5. The minimum absolute atomic E-state index is 0.0107. The summed E-state index contributed by atoms with van der Waals surface area (Å²) in [5.74, 6) is -2.82. The highest BCUT2D eigenvalue weighted by Crippen LogP contribution is 2.31. The van der Waals surface area contributed by atoms with E-state index in [1.807, 2.05) is 4.72 Å². The van der Waals surface area contributed by atoms with Gasteiger partial charge in [0.1, 0.15) is 4.90 Å². The number of nitrogens with two attached hydrogens (primary N) is 1. The molecule has 0 amide bonds. The van der Waals surface area contributed by atoms with Gasteiger partial charge in [-0.15, -0.1) is 0 Å². The molecule has 0 fully saturated rings. The van der Waals surface area contributed by atoms with E-state index in [0.29, 0.717) is 22.3 Å². The van der Waals surface area contributed by atoms with E-state index in [0.717, 1.165) is 12.1 Å². The van der Waals surface area contributed by atoms with Gasteiger partial charge in [-0.3, -0.25) is 9.52 Å². The Morgan fingerprint density at radius 3 is 2.47 bits per heavy atom. The second-order valence-electron chi connectivity index (χ2n) is 8.12. The topological polar surface area (TPSA) is 129 Å². The van der Waals surface area contributed by atoms with Crippen LogP contribution < -0.4 is 20.8 Å². The fraction of sp³-hybridized carbons (Fsp3) is 0.0385. The molecular formula is C26H19F2N5O4S. The Balaban J connectivity index is 1.62. The fourth-order valence-electron chi connectivity index (χ4n) is 3.93. The van der Waals surface area contributed by atoms with Crippen molar-refractivity contribution in [2.75, 3.05) is 17.6 Å². The van der Waals surface area contributed by atoms with Crippen LogP contribution in [0.5, 0.6) is 5.88 Å². The van der Waals surface area contributed by atoms with Crippen molar-refractivity contribution in [2.45, 2.75) is 4.90 Å². The molecule has 3 aromatic carbocycles. The Labute approximate surface area is 215 Å². The molecule has 0 saturated heterocycles. The first-order chi connectivity index (χ1) is 18.2. The molecule has 5 rings (SSSR count). The second-order valence-corrected chi connectivity index (χ2v) is 9.77. The summed E-state index contributed by atoms with van der Waals surface area (Å²) in [6.07, 6.45) is 1.36. The molecule has 0 spiro atoms. The van der Waals surface area contributed by atoms with Gasteiger partial charge in [0.2, 0.25) is 11.8 Å². The second kappa shape index (κ2) is 9.56. The third-order valence-corrected chi connectivity index (χ3v) is 7.10. The van der Waals surface area contributed by atoms with E-state index in [1.165, 1.54) is 30.0 Å². The average Bonchev–Trinajstić information content (AvgIpc) is 2.91. The number of rotatable bonds is 6. The lowest BCUT2D eigenvalue weighted by molar-refractivity contribution is 0.385. The van der Waals surface area contributed by atoms with Crippen molar-refractivity contribution < 1.29 is 21.9 Å². The van der Waals surface area contributed by atoms with Gasteiger partial charge in [0.15, 0.2) is 11.6 Å². The van der Waals surface area contributed by atoms with Crippen LogP contribution >= 0.6 is 0 Å². The number of nitrogens with zero attached hydrogens (tertiary/aromatic N) is 3. The molecule has 2 heterocycles. The highest BCUT2D eigenvalue weighted by molar-refractivity contribution is 7.92. The van der Waals surface area contributed by atoms with Crippen LogP contribution in [0.25, 0.3) is 27.7 Å². The molecule has 38 heavy (non-hydrogen) atoms. The average molecular weight is 536 g/mol. The van der Waals surface area contributed by atoms with Crippen LogP contribution in [0.3, 0.4) is 0 Å². The summed E-state index contributed by atoms with van der Waals surface area (Å²) in [5, 5.41) is 0.237. The van der Waals surface area contributed by atoms with Crippen molar-refractivity contribution in [2.24, 2.45) is 0 Å². The predicted octanol–water partition coefficient (Wildman–Crippen LogP) is 4.12. The van der Waals surface area contributed by atoms with E-state index in [9.17, 15) is 22.0 Å². The third-order valence-electron chi connectivity index (χ3n) is 5.74. The molecule has 5 aromatic rings. The summed E-state index contributed by atoms with van der Waals surface area (Å²) in [6, 6.07) is 17.9. The number of anilines is 2. The molecule has 0 radical (unpaired) electrons. The number of hydrogen-bond acceptors (Lipinski definition) is 7. The molecule has 0 aliphatic rings. The molecule has 0 aliphatic carbocycles. The number of halogens is 2. The number of nitrogen functional groups attached to an aromatic ring is 1. The van der Waals surface area contributed by atoms with Crippen LogP contribution in [0.15, 0.2) is 88.7 Å². The highest BCUT2D eigenvalue weighted by atomic mass is 32.2. The van der Waals surface area contributed by atoms with Crippen molar-refractivity contribution >= 4 is 32.6 Å². The zero-order chi connectivity index (χ0) is 27.0. The third kappa shape index (κ3) is 4.41. The van der Waals surface area contributed by atoms with Gasteiger partial charge in [-0.2, -0.15) is 0 Å². The van der Waals surface area contributed by atoms with Gasteiger partial charge < -0.3 is 10.5 Å². The van der Waals surface area contributed by atoms with Crippen molar-refractivity contribution in [1.29, 1.82) is 0 Å². The molecule has 2 aromatic heterocycles. The number of fused-ring (bicyclic) bond motifs is 1. The summed E-state index contributed by atoms with van der Waals surface area (Å²) in [7, 11) is -3.24. The molecule has 3 N–H and O–H groups in total. The minimum atomic E-state index is -4.46. The first kappa shape index (κ1) is 24.8. The lowest BCUT2D eigenvalue weighted by Gasteiger charge is -2.14. The number of para-hydroxylation sites is 1. The number of benzene rings is 3. The summed E-state index contributed by atoms with van der Waals surface area (Å²) in [6.45, 7) is 0. The Kier molecular flexibility index (Phi) is 6.25. The summed E-state index contributed by atoms with van der Waals surface area (Å²) >= 11 is 0.